The van der Waals surface area contributed by atoms with E-state index in [9.17, 15) is 8.42 Å². The summed E-state index contributed by atoms with van der Waals surface area (Å²) in [4.78, 5) is 4.24. The van der Waals surface area contributed by atoms with Gasteiger partial charge in [0, 0.05) is 22.9 Å². The van der Waals surface area contributed by atoms with E-state index in [0.29, 0.717) is 12.4 Å². The average molecular weight is 343 g/mol. The molecule has 0 aliphatic heterocycles. The third kappa shape index (κ3) is 5.08. The second kappa shape index (κ2) is 7.95. The van der Waals surface area contributed by atoms with Crippen LogP contribution in [0.1, 0.15) is 25.0 Å². The Morgan fingerprint density at radius 3 is 2.29 bits per heavy atom. The zero-order valence-corrected chi connectivity index (χ0v) is 14.9. The van der Waals surface area contributed by atoms with Crippen LogP contribution in [0.4, 0.5) is 5.82 Å². The molecule has 0 atom stereocenters. The maximum absolute atomic E-state index is 11.6. The lowest BCUT2D eigenvalue weighted by Gasteiger charge is -2.29. The molecule has 6 heteroatoms. The SMILES string of the molecule is CNC(C)(C)CN(c1ccc(C#Cc2ccccc2)cn1)[SH](=O)=O. The van der Waals surface area contributed by atoms with Crippen molar-refractivity contribution < 1.29 is 8.42 Å². The largest absolute Gasteiger partial charge is 0.313 e. The summed E-state index contributed by atoms with van der Waals surface area (Å²) in [6.07, 6.45) is 1.59. The molecule has 0 fully saturated rings. The zero-order chi connectivity index (χ0) is 17.6. The van der Waals surface area contributed by atoms with Crippen molar-refractivity contribution in [3.63, 3.8) is 0 Å². The monoisotopic (exact) mass is 343 g/mol. The van der Waals surface area contributed by atoms with Crippen LogP contribution in [0.15, 0.2) is 48.7 Å². The molecule has 0 spiro atoms. The Morgan fingerprint density at radius 1 is 1.08 bits per heavy atom. The second-order valence-corrected chi connectivity index (χ2v) is 6.91. The molecule has 0 saturated carbocycles. The quantitative estimate of drug-likeness (QED) is 0.642. The summed E-state index contributed by atoms with van der Waals surface area (Å²) < 4.78 is 24.4. The highest BCUT2D eigenvalue weighted by Crippen LogP contribution is 2.15. The smallest absolute Gasteiger partial charge is 0.226 e. The average Bonchev–Trinajstić information content (AvgIpc) is 2.59. The molecule has 0 bridgehead atoms. The number of benzene rings is 1. The number of nitrogens with zero attached hydrogens (tertiary/aromatic N) is 2. The minimum absolute atomic E-state index is 0.296. The predicted octanol–water partition coefficient (Wildman–Crippen LogP) is 1.81. The molecule has 126 valence electrons. The van der Waals surface area contributed by atoms with Gasteiger partial charge < -0.3 is 5.32 Å². The standard InChI is InChI=1S/C18H21N3O2S/c1-18(2,19-3)14-21(24(22)23)17-12-11-16(13-20-17)10-9-15-7-5-4-6-8-15/h4-8,11-13,19,24H,14H2,1-3H3. The van der Waals surface area contributed by atoms with E-state index in [1.54, 1.807) is 25.4 Å². The Hall–Kier alpha value is -2.36. The van der Waals surface area contributed by atoms with Gasteiger partial charge in [0.25, 0.3) is 0 Å². The molecule has 0 saturated heterocycles. The first-order valence-corrected chi connectivity index (χ1v) is 8.68. The number of thiol groups is 1. The van der Waals surface area contributed by atoms with Gasteiger partial charge in [-0.05, 0) is 45.2 Å². The Bertz CT molecular complexity index is 796. The second-order valence-electron chi connectivity index (χ2n) is 5.95. The minimum Gasteiger partial charge on any atom is -0.313 e. The lowest BCUT2D eigenvalue weighted by molar-refractivity contribution is 0.435. The number of hydrogen-bond acceptors (Lipinski definition) is 4. The Balaban J connectivity index is 2.19. The highest BCUT2D eigenvalue weighted by atomic mass is 32.2. The van der Waals surface area contributed by atoms with E-state index in [1.807, 2.05) is 44.2 Å². The number of hydrogen-bond donors (Lipinski definition) is 2. The molecule has 0 aliphatic carbocycles. The molecule has 2 aromatic rings. The number of pyridine rings is 1. The van der Waals surface area contributed by atoms with Crippen LogP contribution in [0.2, 0.25) is 0 Å². The van der Waals surface area contributed by atoms with Crippen molar-refractivity contribution in [1.82, 2.24) is 10.3 Å². The summed E-state index contributed by atoms with van der Waals surface area (Å²) in [7, 11) is -0.972. The van der Waals surface area contributed by atoms with Gasteiger partial charge in [-0.1, -0.05) is 30.0 Å². The first-order valence-electron chi connectivity index (χ1n) is 7.55. The normalized spacial score (nSPS) is 11.0. The third-order valence-corrected chi connectivity index (χ3v) is 4.30. The highest BCUT2D eigenvalue weighted by molar-refractivity contribution is 7.74. The number of rotatable bonds is 5. The molecule has 0 radical (unpaired) electrons. The fraction of sp³-hybridized carbons (Fsp3) is 0.278. The molecule has 2 rings (SSSR count). The molecule has 5 nitrogen and oxygen atoms in total. The van der Waals surface area contributed by atoms with E-state index in [-0.39, 0.29) is 5.54 Å². The number of likely N-dealkylation sites (N-methyl/N-ethyl adjacent to an activating group) is 1. The fourth-order valence-electron chi connectivity index (χ4n) is 1.95. The highest BCUT2D eigenvalue weighted by Gasteiger charge is 2.22. The van der Waals surface area contributed by atoms with E-state index in [2.05, 4.69) is 22.1 Å². The van der Waals surface area contributed by atoms with Crippen LogP contribution in [0.25, 0.3) is 0 Å². The van der Waals surface area contributed by atoms with Gasteiger partial charge in [0.2, 0.25) is 10.9 Å². The Morgan fingerprint density at radius 2 is 1.75 bits per heavy atom. The van der Waals surface area contributed by atoms with Crippen molar-refractivity contribution in [1.29, 1.82) is 0 Å². The van der Waals surface area contributed by atoms with Crippen LogP contribution in [0, 0.1) is 11.8 Å². The van der Waals surface area contributed by atoms with Crippen LogP contribution in [0.5, 0.6) is 0 Å². The van der Waals surface area contributed by atoms with E-state index in [0.717, 1.165) is 11.1 Å². The number of aromatic nitrogens is 1. The van der Waals surface area contributed by atoms with E-state index in [4.69, 9.17) is 0 Å². The minimum atomic E-state index is -2.77. The molecule has 0 amide bonds. The van der Waals surface area contributed by atoms with Crippen LogP contribution in [-0.2, 0) is 10.9 Å². The molecular weight excluding hydrogens is 322 g/mol. The van der Waals surface area contributed by atoms with E-state index >= 15 is 0 Å². The zero-order valence-electron chi connectivity index (χ0n) is 14.0. The van der Waals surface area contributed by atoms with Crippen molar-refractivity contribution in [3.05, 3.63) is 59.8 Å². The van der Waals surface area contributed by atoms with Crippen LogP contribution < -0.4 is 9.62 Å². The van der Waals surface area contributed by atoms with Gasteiger partial charge in [0.15, 0.2) is 0 Å². The molecule has 1 N–H and O–H groups in total. The van der Waals surface area contributed by atoms with Crippen LogP contribution in [0.3, 0.4) is 0 Å². The van der Waals surface area contributed by atoms with Crippen molar-refractivity contribution >= 4 is 16.7 Å². The van der Waals surface area contributed by atoms with Gasteiger partial charge in [-0.3, -0.25) is 4.31 Å². The summed E-state index contributed by atoms with van der Waals surface area (Å²) in [6.45, 7) is 4.15. The fourth-order valence-corrected chi connectivity index (χ4v) is 2.71. The van der Waals surface area contributed by atoms with Gasteiger partial charge in [-0.25, -0.2) is 13.4 Å². The summed E-state index contributed by atoms with van der Waals surface area (Å²) >= 11 is 0. The summed E-state index contributed by atoms with van der Waals surface area (Å²) in [6, 6.07) is 13.1. The molecule has 0 unspecified atom stereocenters. The summed E-state index contributed by atoms with van der Waals surface area (Å²) in [5.41, 5.74) is 1.29. The number of anilines is 1. The molecular formula is C18H21N3O2S. The van der Waals surface area contributed by atoms with Crippen molar-refractivity contribution in [2.45, 2.75) is 19.4 Å². The van der Waals surface area contributed by atoms with Crippen molar-refractivity contribution in [3.8, 4) is 11.8 Å². The topological polar surface area (TPSA) is 62.3 Å². The van der Waals surface area contributed by atoms with Gasteiger partial charge in [0.1, 0.15) is 5.82 Å². The lowest BCUT2D eigenvalue weighted by Crippen LogP contribution is -2.47. The van der Waals surface area contributed by atoms with Gasteiger partial charge in [-0.15, -0.1) is 0 Å². The van der Waals surface area contributed by atoms with Crippen molar-refractivity contribution in [2.75, 3.05) is 17.9 Å². The lowest BCUT2D eigenvalue weighted by atomic mass is 10.1. The first kappa shape index (κ1) is 18.0. The molecule has 1 heterocycles. The van der Waals surface area contributed by atoms with Gasteiger partial charge in [-0.2, -0.15) is 0 Å². The van der Waals surface area contributed by atoms with Gasteiger partial charge in [0.05, 0.1) is 6.54 Å². The van der Waals surface area contributed by atoms with Crippen molar-refractivity contribution in [2.24, 2.45) is 0 Å². The maximum Gasteiger partial charge on any atom is 0.226 e. The van der Waals surface area contributed by atoms with Gasteiger partial charge >= 0.3 is 0 Å². The predicted molar refractivity (Wildman–Crippen MR) is 97.5 cm³/mol. The summed E-state index contributed by atoms with van der Waals surface area (Å²) in [5.74, 6) is 6.46. The van der Waals surface area contributed by atoms with Crippen LogP contribution >= 0.6 is 0 Å². The molecule has 1 aromatic carbocycles. The van der Waals surface area contributed by atoms with Crippen LogP contribution in [-0.4, -0.2) is 32.5 Å². The Kier molecular flexibility index (Phi) is 5.96. The Labute approximate surface area is 144 Å². The molecule has 24 heavy (non-hydrogen) atoms. The van der Waals surface area contributed by atoms with E-state index in [1.165, 1.54) is 4.31 Å². The maximum atomic E-state index is 11.6. The third-order valence-electron chi connectivity index (χ3n) is 3.56. The first-order chi connectivity index (χ1) is 11.4. The van der Waals surface area contributed by atoms with E-state index < -0.39 is 10.9 Å². The molecule has 0 aliphatic rings. The summed E-state index contributed by atoms with van der Waals surface area (Å²) in [5, 5.41) is 3.09. The number of nitrogens with one attached hydrogen (secondary N) is 1. The molecule has 1 aromatic heterocycles.